The van der Waals surface area contributed by atoms with Gasteiger partial charge in [-0.05, 0) is 24.6 Å². The fraction of sp³-hybridized carbons (Fsp3) is 0.238. The molecule has 30 heavy (non-hydrogen) atoms. The minimum absolute atomic E-state index is 0.00380. The van der Waals surface area contributed by atoms with E-state index in [1.807, 2.05) is 18.2 Å². The van der Waals surface area contributed by atoms with Crippen molar-refractivity contribution < 1.29 is 24.0 Å². The molecule has 2 amide bonds. The van der Waals surface area contributed by atoms with E-state index in [4.69, 9.17) is 9.47 Å². The number of nitrogens with zero attached hydrogens (tertiary/aromatic N) is 2. The monoisotopic (exact) mass is 411 g/mol. The van der Waals surface area contributed by atoms with E-state index in [1.165, 1.54) is 30.1 Å². The summed E-state index contributed by atoms with van der Waals surface area (Å²) in [6.45, 7) is 1.79. The number of amides is 2. The largest absolute Gasteiger partial charge is 0.490 e. The lowest BCUT2D eigenvalue weighted by atomic mass is 9.95. The van der Waals surface area contributed by atoms with Gasteiger partial charge in [0.15, 0.2) is 0 Å². The molecule has 0 radical (unpaired) electrons. The van der Waals surface area contributed by atoms with Crippen molar-refractivity contribution in [3.63, 3.8) is 0 Å². The quantitative estimate of drug-likeness (QED) is 0.324. The Bertz CT molecular complexity index is 989. The molecule has 156 valence electrons. The SMILES string of the molecule is CC1=C(C(=O)OCCOc2ccccc2)[C@@H](c2cccc([N+](=O)[O-])c2)NC(=O)N1C. The number of urea groups is 1. The van der Waals surface area contributed by atoms with E-state index < -0.39 is 23.0 Å². The van der Waals surface area contributed by atoms with E-state index in [0.717, 1.165) is 0 Å². The van der Waals surface area contributed by atoms with Crippen molar-refractivity contribution in [3.05, 3.63) is 81.5 Å². The Labute approximate surface area is 173 Å². The Balaban J connectivity index is 1.77. The number of ether oxygens (including phenoxy) is 2. The van der Waals surface area contributed by atoms with Crippen LogP contribution in [0.25, 0.3) is 0 Å². The summed E-state index contributed by atoms with van der Waals surface area (Å²) in [7, 11) is 1.53. The van der Waals surface area contributed by atoms with Crippen LogP contribution in [0.4, 0.5) is 10.5 Å². The molecule has 0 fully saturated rings. The summed E-state index contributed by atoms with van der Waals surface area (Å²) in [5, 5.41) is 13.8. The van der Waals surface area contributed by atoms with Gasteiger partial charge in [-0.25, -0.2) is 9.59 Å². The molecule has 0 saturated heterocycles. The zero-order valence-corrected chi connectivity index (χ0v) is 16.5. The van der Waals surface area contributed by atoms with Gasteiger partial charge in [-0.15, -0.1) is 0 Å². The third-order valence-corrected chi connectivity index (χ3v) is 4.72. The van der Waals surface area contributed by atoms with Gasteiger partial charge in [0.1, 0.15) is 19.0 Å². The number of carbonyl (C=O) groups is 2. The minimum Gasteiger partial charge on any atom is -0.490 e. The summed E-state index contributed by atoms with van der Waals surface area (Å²) in [5.41, 5.74) is 0.890. The lowest BCUT2D eigenvalue weighted by Gasteiger charge is -2.33. The molecule has 1 aliphatic heterocycles. The third-order valence-electron chi connectivity index (χ3n) is 4.72. The summed E-state index contributed by atoms with van der Waals surface area (Å²) >= 11 is 0. The molecule has 0 aromatic heterocycles. The molecule has 9 heteroatoms. The number of allylic oxidation sites excluding steroid dienone is 1. The zero-order chi connectivity index (χ0) is 21.7. The van der Waals surface area contributed by atoms with E-state index in [-0.39, 0.29) is 24.5 Å². The first kappa shape index (κ1) is 20.8. The van der Waals surface area contributed by atoms with Gasteiger partial charge in [0, 0.05) is 24.9 Å². The number of nitro groups is 1. The lowest BCUT2D eigenvalue weighted by Crippen LogP contribution is -2.46. The van der Waals surface area contributed by atoms with Crippen LogP contribution in [0.5, 0.6) is 5.75 Å². The molecular weight excluding hydrogens is 390 g/mol. The predicted octanol–water partition coefficient (Wildman–Crippen LogP) is 3.19. The van der Waals surface area contributed by atoms with Crippen molar-refractivity contribution in [2.24, 2.45) is 0 Å². The number of para-hydroxylation sites is 1. The van der Waals surface area contributed by atoms with Gasteiger partial charge in [0.2, 0.25) is 0 Å². The van der Waals surface area contributed by atoms with E-state index in [1.54, 1.807) is 25.1 Å². The topological polar surface area (TPSA) is 111 Å². The van der Waals surface area contributed by atoms with Gasteiger partial charge in [-0.3, -0.25) is 10.1 Å². The van der Waals surface area contributed by atoms with E-state index >= 15 is 0 Å². The van der Waals surface area contributed by atoms with Gasteiger partial charge in [-0.1, -0.05) is 30.3 Å². The number of nitrogens with one attached hydrogen (secondary N) is 1. The van der Waals surface area contributed by atoms with Crippen molar-refractivity contribution in [3.8, 4) is 5.75 Å². The minimum atomic E-state index is -0.865. The van der Waals surface area contributed by atoms with Crippen LogP contribution in [0.2, 0.25) is 0 Å². The summed E-state index contributed by atoms with van der Waals surface area (Å²) in [4.78, 5) is 37.0. The van der Waals surface area contributed by atoms with Crippen molar-refractivity contribution in [2.45, 2.75) is 13.0 Å². The first-order valence-corrected chi connectivity index (χ1v) is 9.23. The highest BCUT2D eigenvalue weighted by atomic mass is 16.6. The number of hydrogen-bond donors (Lipinski definition) is 1. The molecule has 0 saturated carbocycles. The Hall–Kier alpha value is -3.88. The second kappa shape index (κ2) is 9.08. The fourth-order valence-electron chi connectivity index (χ4n) is 3.06. The molecular formula is C21H21N3O6. The second-order valence-electron chi connectivity index (χ2n) is 6.59. The van der Waals surface area contributed by atoms with Crippen molar-refractivity contribution >= 4 is 17.7 Å². The second-order valence-corrected chi connectivity index (χ2v) is 6.59. The maximum Gasteiger partial charge on any atom is 0.338 e. The fourth-order valence-corrected chi connectivity index (χ4v) is 3.06. The molecule has 1 atom stereocenters. The molecule has 9 nitrogen and oxygen atoms in total. The highest BCUT2D eigenvalue weighted by Crippen LogP contribution is 2.32. The highest BCUT2D eigenvalue weighted by Gasteiger charge is 2.35. The zero-order valence-electron chi connectivity index (χ0n) is 16.5. The standard InChI is InChI=1S/C21H21N3O6/c1-14-18(20(25)30-12-11-29-17-9-4-3-5-10-17)19(22-21(26)23(14)2)15-7-6-8-16(13-15)24(27)28/h3-10,13,19H,11-12H2,1-2H3,(H,22,26)/t19-/m1/s1. The highest BCUT2D eigenvalue weighted by molar-refractivity contribution is 5.95. The van der Waals surface area contributed by atoms with E-state index in [0.29, 0.717) is 17.0 Å². The molecule has 1 aliphatic rings. The first-order chi connectivity index (χ1) is 14.4. The normalized spacial score (nSPS) is 16.1. The third kappa shape index (κ3) is 4.57. The molecule has 0 spiro atoms. The number of benzene rings is 2. The lowest BCUT2D eigenvalue weighted by molar-refractivity contribution is -0.384. The predicted molar refractivity (Wildman–Crippen MR) is 108 cm³/mol. The van der Waals surface area contributed by atoms with Crippen LogP contribution in [0, 0.1) is 10.1 Å². The molecule has 0 aliphatic carbocycles. The van der Waals surface area contributed by atoms with Crippen molar-refractivity contribution in [1.29, 1.82) is 0 Å². The number of carbonyl (C=O) groups excluding carboxylic acids is 2. The molecule has 1 heterocycles. The molecule has 3 rings (SSSR count). The molecule has 0 unspecified atom stereocenters. The van der Waals surface area contributed by atoms with Crippen LogP contribution in [0.15, 0.2) is 65.9 Å². The smallest absolute Gasteiger partial charge is 0.338 e. The number of esters is 1. The Morgan fingerprint density at radius 3 is 2.60 bits per heavy atom. The van der Waals surface area contributed by atoms with Crippen molar-refractivity contribution in [1.82, 2.24) is 10.2 Å². The van der Waals surface area contributed by atoms with Gasteiger partial charge in [0.05, 0.1) is 16.5 Å². The van der Waals surface area contributed by atoms with Gasteiger partial charge in [0.25, 0.3) is 5.69 Å². The summed E-state index contributed by atoms with van der Waals surface area (Å²) in [6, 6.07) is 13.6. The van der Waals surface area contributed by atoms with Crippen molar-refractivity contribution in [2.75, 3.05) is 20.3 Å². The first-order valence-electron chi connectivity index (χ1n) is 9.23. The van der Waals surface area contributed by atoms with E-state index in [2.05, 4.69) is 5.32 Å². The number of nitro benzene ring substituents is 1. The van der Waals surface area contributed by atoms with Gasteiger partial charge >= 0.3 is 12.0 Å². The summed E-state index contributed by atoms with van der Waals surface area (Å²) < 4.78 is 10.9. The molecule has 2 aromatic carbocycles. The summed E-state index contributed by atoms with van der Waals surface area (Å²) in [5.74, 6) is 0.0237. The van der Waals surface area contributed by atoms with Crippen LogP contribution in [-0.2, 0) is 9.53 Å². The maximum atomic E-state index is 12.8. The van der Waals surface area contributed by atoms with Crippen LogP contribution in [0.3, 0.4) is 0 Å². The Kier molecular flexibility index (Phi) is 6.31. The summed E-state index contributed by atoms with van der Waals surface area (Å²) in [6.07, 6.45) is 0. The van der Waals surface area contributed by atoms with Crippen LogP contribution < -0.4 is 10.1 Å². The van der Waals surface area contributed by atoms with Gasteiger partial charge in [-0.2, -0.15) is 0 Å². The number of hydrogen-bond acceptors (Lipinski definition) is 6. The van der Waals surface area contributed by atoms with E-state index in [9.17, 15) is 19.7 Å². The Morgan fingerprint density at radius 1 is 1.17 bits per heavy atom. The average molecular weight is 411 g/mol. The van der Waals surface area contributed by atoms with Crippen LogP contribution in [-0.4, -0.2) is 42.1 Å². The Morgan fingerprint density at radius 2 is 1.90 bits per heavy atom. The molecule has 0 bridgehead atoms. The molecule has 2 aromatic rings. The van der Waals surface area contributed by atoms with Crippen LogP contribution in [0.1, 0.15) is 18.5 Å². The van der Waals surface area contributed by atoms with Gasteiger partial charge < -0.3 is 19.7 Å². The number of rotatable bonds is 7. The number of non-ortho nitro benzene ring substituents is 1. The molecule has 1 N–H and O–H groups in total. The average Bonchev–Trinajstić information content (AvgIpc) is 2.75. The maximum absolute atomic E-state index is 12.8. The van der Waals surface area contributed by atoms with Crippen LogP contribution >= 0.6 is 0 Å².